The van der Waals surface area contributed by atoms with E-state index in [-0.39, 0.29) is 11.8 Å². The molecule has 4 heterocycles. The van der Waals surface area contributed by atoms with Crippen molar-refractivity contribution in [3.63, 3.8) is 0 Å². The average molecular weight is 454 g/mol. The number of hydrogen-bond donors (Lipinski definition) is 2. The van der Waals surface area contributed by atoms with Crippen molar-refractivity contribution < 1.29 is 9.59 Å². The van der Waals surface area contributed by atoms with Gasteiger partial charge < -0.3 is 10.6 Å². The van der Waals surface area contributed by atoms with Crippen molar-refractivity contribution in [1.82, 2.24) is 39.8 Å². The summed E-state index contributed by atoms with van der Waals surface area (Å²) < 4.78 is 3.79. The van der Waals surface area contributed by atoms with Gasteiger partial charge in [0.1, 0.15) is 11.6 Å². The van der Waals surface area contributed by atoms with Crippen molar-refractivity contribution in [3.8, 4) is 0 Å². The number of amides is 2. The molecule has 2 amide bonds. The number of pyridine rings is 2. The molecule has 0 bridgehead atoms. The number of aromatic nitrogens is 6. The van der Waals surface area contributed by atoms with Crippen LogP contribution in [0.2, 0.25) is 0 Å². The van der Waals surface area contributed by atoms with E-state index in [0.29, 0.717) is 37.1 Å². The molecule has 10 heteroatoms. The number of carbonyl (C=O) groups excluding carboxylic acids is 2. The van der Waals surface area contributed by atoms with Gasteiger partial charge in [-0.25, -0.2) is 0 Å². The molecule has 5 rings (SSSR count). The summed E-state index contributed by atoms with van der Waals surface area (Å²) in [6.45, 7) is 0.849. The number of nitrogens with one attached hydrogen (secondary N) is 2. The van der Waals surface area contributed by atoms with Crippen molar-refractivity contribution in [2.75, 3.05) is 13.1 Å². The second-order valence-corrected chi connectivity index (χ2v) is 7.68. The summed E-state index contributed by atoms with van der Waals surface area (Å²) in [7, 11) is 0. The van der Waals surface area contributed by atoms with Gasteiger partial charge in [0.2, 0.25) is 0 Å². The van der Waals surface area contributed by atoms with Gasteiger partial charge in [-0.3, -0.25) is 18.4 Å². The number of rotatable bonds is 8. The highest BCUT2D eigenvalue weighted by molar-refractivity contribution is 5.97. The van der Waals surface area contributed by atoms with Gasteiger partial charge >= 0.3 is 0 Å². The van der Waals surface area contributed by atoms with Crippen molar-refractivity contribution in [2.24, 2.45) is 0 Å². The molecule has 2 N–H and O–H groups in total. The molecule has 0 saturated heterocycles. The predicted octanol–water partition coefficient (Wildman–Crippen LogP) is 1.72. The van der Waals surface area contributed by atoms with Gasteiger partial charge in [-0.05, 0) is 48.5 Å². The first-order valence-corrected chi connectivity index (χ1v) is 10.9. The molecule has 0 aliphatic rings. The van der Waals surface area contributed by atoms with Gasteiger partial charge in [-0.2, -0.15) is 0 Å². The van der Waals surface area contributed by atoms with E-state index < -0.39 is 0 Å². The average Bonchev–Trinajstić information content (AvgIpc) is 3.48. The molecule has 0 aliphatic carbocycles. The third-order valence-electron chi connectivity index (χ3n) is 5.45. The van der Waals surface area contributed by atoms with Crippen LogP contribution in [0.1, 0.15) is 32.4 Å². The van der Waals surface area contributed by atoms with E-state index in [4.69, 9.17) is 0 Å². The van der Waals surface area contributed by atoms with Crippen LogP contribution in [0.4, 0.5) is 0 Å². The number of fused-ring (bicyclic) bond motifs is 2. The molecule has 0 radical (unpaired) electrons. The summed E-state index contributed by atoms with van der Waals surface area (Å²) in [5, 5.41) is 22.3. The molecule has 1 aromatic carbocycles. The first-order chi connectivity index (χ1) is 16.7. The lowest BCUT2D eigenvalue weighted by Crippen LogP contribution is -2.27. The first kappa shape index (κ1) is 21.3. The SMILES string of the molecule is O=C(NCCc1nnc2ccccn12)c1ccc(C(=O)NCCc2nnc3ccccn23)cc1. The van der Waals surface area contributed by atoms with E-state index in [1.54, 1.807) is 24.3 Å². The standard InChI is InChI=1S/C24H22N8O2/c33-23(25-13-11-21-29-27-19-5-1-3-15-31(19)21)17-7-9-18(10-8-17)24(34)26-14-12-22-30-28-20-6-2-4-16-32(20)22/h1-10,15-16H,11-14H2,(H,25,33)(H,26,34). The van der Waals surface area contributed by atoms with Crippen LogP contribution < -0.4 is 10.6 Å². The van der Waals surface area contributed by atoms with Crippen LogP contribution in [-0.2, 0) is 12.8 Å². The van der Waals surface area contributed by atoms with E-state index >= 15 is 0 Å². The van der Waals surface area contributed by atoms with Crippen LogP contribution in [0.5, 0.6) is 0 Å². The van der Waals surface area contributed by atoms with Gasteiger partial charge in [-0.1, -0.05) is 12.1 Å². The minimum absolute atomic E-state index is 0.209. The molecule has 0 aliphatic heterocycles. The molecule has 10 nitrogen and oxygen atoms in total. The number of benzene rings is 1. The maximum Gasteiger partial charge on any atom is 0.251 e. The van der Waals surface area contributed by atoms with Crippen LogP contribution in [0.3, 0.4) is 0 Å². The Hall–Kier alpha value is -4.60. The molecular formula is C24H22N8O2. The minimum atomic E-state index is -0.209. The Bertz CT molecular complexity index is 1340. The van der Waals surface area contributed by atoms with Gasteiger partial charge in [-0.15, -0.1) is 20.4 Å². The molecule has 170 valence electrons. The number of hydrogen-bond acceptors (Lipinski definition) is 6. The van der Waals surface area contributed by atoms with Crippen molar-refractivity contribution in [2.45, 2.75) is 12.8 Å². The molecule has 34 heavy (non-hydrogen) atoms. The molecule has 0 saturated carbocycles. The fourth-order valence-corrected chi connectivity index (χ4v) is 3.68. The Balaban J connectivity index is 1.11. The fraction of sp³-hybridized carbons (Fsp3) is 0.167. The highest BCUT2D eigenvalue weighted by Crippen LogP contribution is 2.07. The van der Waals surface area contributed by atoms with Crippen LogP contribution in [0.15, 0.2) is 73.1 Å². The maximum atomic E-state index is 12.5. The van der Waals surface area contributed by atoms with Crippen molar-refractivity contribution in [1.29, 1.82) is 0 Å². The summed E-state index contributed by atoms with van der Waals surface area (Å²) in [5.41, 5.74) is 2.51. The van der Waals surface area contributed by atoms with Gasteiger partial charge in [0, 0.05) is 49.5 Å². The van der Waals surface area contributed by atoms with Crippen LogP contribution in [0, 0.1) is 0 Å². The lowest BCUT2D eigenvalue weighted by atomic mass is 10.1. The Morgan fingerprint density at radius 1 is 0.618 bits per heavy atom. The lowest BCUT2D eigenvalue weighted by molar-refractivity contribution is 0.0942. The van der Waals surface area contributed by atoms with E-state index in [1.807, 2.05) is 57.6 Å². The van der Waals surface area contributed by atoms with Crippen LogP contribution >= 0.6 is 0 Å². The zero-order valence-electron chi connectivity index (χ0n) is 18.3. The van der Waals surface area contributed by atoms with Crippen molar-refractivity contribution >= 4 is 23.1 Å². The number of nitrogens with zero attached hydrogens (tertiary/aromatic N) is 6. The second-order valence-electron chi connectivity index (χ2n) is 7.68. The molecule has 0 spiro atoms. The van der Waals surface area contributed by atoms with Gasteiger partial charge in [0.25, 0.3) is 11.8 Å². The molecule has 0 unspecified atom stereocenters. The first-order valence-electron chi connectivity index (χ1n) is 10.9. The molecule has 4 aromatic heterocycles. The highest BCUT2D eigenvalue weighted by Gasteiger charge is 2.11. The Kier molecular flexibility index (Phi) is 5.93. The summed E-state index contributed by atoms with van der Waals surface area (Å²) in [6.07, 6.45) is 4.90. The van der Waals surface area contributed by atoms with Crippen LogP contribution in [-0.4, -0.2) is 54.1 Å². The van der Waals surface area contributed by atoms with Crippen molar-refractivity contribution in [3.05, 3.63) is 95.8 Å². The summed E-state index contributed by atoms with van der Waals surface area (Å²) in [5.74, 6) is 1.14. The smallest absolute Gasteiger partial charge is 0.251 e. The zero-order valence-corrected chi connectivity index (χ0v) is 18.3. The van der Waals surface area contributed by atoms with Crippen LogP contribution in [0.25, 0.3) is 11.3 Å². The van der Waals surface area contributed by atoms with Gasteiger partial charge in [0.15, 0.2) is 11.3 Å². The number of carbonyl (C=O) groups is 2. The normalized spacial score (nSPS) is 11.1. The molecule has 0 atom stereocenters. The van der Waals surface area contributed by atoms with E-state index in [0.717, 1.165) is 22.9 Å². The molecular weight excluding hydrogens is 432 g/mol. The quantitative estimate of drug-likeness (QED) is 0.369. The summed E-state index contributed by atoms with van der Waals surface area (Å²) in [4.78, 5) is 24.9. The topological polar surface area (TPSA) is 119 Å². The Labute approximate surface area is 194 Å². The second kappa shape index (κ2) is 9.49. The lowest BCUT2D eigenvalue weighted by Gasteiger charge is -2.07. The summed E-state index contributed by atoms with van der Waals surface area (Å²) >= 11 is 0. The maximum absolute atomic E-state index is 12.5. The Morgan fingerprint density at radius 3 is 1.50 bits per heavy atom. The third-order valence-corrected chi connectivity index (χ3v) is 5.45. The molecule has 0 fully saturated rings. The predicted molar refractivity (Wildman–Crippen MR) is 124 cm³/mol. The van der Waals surface area contributed by atoms with E-state index in [1.165, 1.54) is 0 Å². The Morgan fingerprint density at radius 2 is 1.06 bits per heavy atom. The zero-order chi connectivity index (χ0) is 23.3. The summed E-state index contributed by atoms with van der Waals surface area (Å²) in [6, 6.07) is 17.9. The van der Waals surface area contributed by atoms with E-state index in [2.05, 4.69) is 31.0 Å². The monoisotopic (exact) mass is 454 g/mol. The molecule has 5 aromatic rings. The fourth-order valence-electron chi connectivity index (χ4n) is 3.68. The largest absolute Gasteiger partial charge is 0.352 e. The van der Waals surface area contributed by atoms with E-state index in [9.17, 15) is 9.59 Å². The third kappa shape index (κ3) is 4.46. The minimum Gasteiger partial charge on any atom is -0.352 e. The highest BCUT2D eigenvalue weighted by atomic mass is 16.2. The van der Waals surface area contributed by atoms with Gasteiger partial charge in [0.05, 0.1) is 0 Å².